The van der Waals surface area contributed by atoms with Crippen LogP contribution in [0.2, 0.25) is 0 Å². The van der Waals surface area contributed by atoms with Crippen molar-refractivity contribution in [2.75, 3.05) is 0 Å². The first-order valence-corrected chi connectivity index (χ1v) is 13.5. The predicted octanol–water partition coefficient (Wildman–Crippen LogP) is 7.40. The summed E-state index contributed by atoms with van der Waals surface area (Å²) >= 11 is 0. The maximum atomic E-state index is 14.5. The highest BCUT2D eigenvalue weighted by Gasteiger charge is 2.47. The standard InChI is InChI=1S/C32H27F2N3O2/c33-21-13-24-25(16-35-30(24)26(34)14-21)31-36-27-12-20(17-4-2-1-3-5-17)10-11-22(27)28(37-31)15-23-18-6-8-19(9-7-18)29(23)32(38)39/h1-5,10-14,16,18-19,23,29,35H,6-9,15H2,(H,38,39). The Morgan fingerprint density at radius 1 is 0.897 bits per heavy atom. The van der Waals surface area contributed by atoms with Gasteiger partial charge in [-0.2, -0.15) is 0 Å². The molecular weight excluding hydrogens is 496 g/mol. The van der Waals surface area contributed by atoms with Gasteiger partial charge in [0.05, 0.1) is 22.6 Å². The van der Waals surface area contributed by atoms with Gasteiger partial charge in [-0.05, 0) is 73.1 Å². The molecule has 3 saturated carbocycles. The topological polar surface area (TPSA) is 78.9 Å². The lowest BCUT2D eigenvalue weighted by Crippen LogP contribution is -2.45. The summed E-state index contributed by atoms with van der Waals surface area (Å²) < 4.78 is 28.7. The Morgan fingerprint density at radius 2 is 1.67 bits per heavy atom. The zero-order chi connectivity index (χ0) is 26.7. The highest BCUT2D eigenvalue weighted by Crippen LogP contribution is 2.50. The molecule has 5 nitrogen and oxygen atoms in total. The lowest BCUT2D eigenvalue weighted by Gasteiger charge is -2.47. The molecule has 2 bridgehead atoms. The molecule has 2 atom stereocenters. The fourth-order valence-corrected chi connectivity index (χ4v) is 7.10. The van der Waals surface area contributed by atoms with E-state index in [0.717, 1.165) is 59.5 Å². The third-order valence-corrected chi connectivity index (χ3v) is 8.94. The van der Waals surface area contributed by atoms with Gasteiger partial charge in [-0.3, -0.25) is 4.79 Å². The molecule has 2 unspecified atom stereocenters. The number of benzene rings is 3. The molecule has 7 heteroatoms. The molecule has 8 rings (SSSR count). The van der Waals surface area contributed by atoms with Gasteiger partial charge in [0, 0.05) is 28.6 Å². The van der Waals surface area contributed by atoms with Crippen LogP contribution in [-0.2, 0) is 11.2 Å². The van der Waals surface area contributed by atoms with Crippen LogP contribution in [0.5, 0.6) is 0 Å². The Hall–Kier alpha value is -4.13. The van der Waals surface area contributed by atoms with Crippen LogP contribution in [0.3, 0.4) is 0 Å². The monoisotopic (exact) mass is 523 g/mol. The Balaban J connectivity index is 1.41. The molecule has 3 aliphatic rings. The third kappa shape index (κ3) is 4.08. The van der Waals surface area contributed by atoms with Gasteiger partial charge >= 0.3 is 5.97 Å². The summed E-state index contributed by atoms with van der Waals surface area (Å²) in [4.78, 5) is 25.1. The van der Waals surface area contributed by atoms with Crippen molar-refractivity contribution in [1.82, 2.24) is 15.0 Å². The Morgan fingerprint density at radius 3 is 2.44 bits per heavy atom. The molecule has 3 fully saturated rings. The minimum Gasteiger partial charge on any atom is -0.481 e. The molecule has 0 saturated heterocycles. The van der Waals surface area contributed by atoms with Gasteiger partial charge in [-0.15, -0.1) is 0 Å². The average molecular weight is 524 g/mol. The SMILES string of the molecule is O=C(O)C1C2CCC(CC2)C1Cc1nc(-c2c[nH]c3c(F)cc(F)cc23)nc2cc(-c3ccccc3)ccc12. The highest BCUT2D eigenvalue weighted by molar-refractivity contribution is 5.96. The predicted molar refractivity (Wildman–Crippen MR) is 146 cm³/mol. The van der Waals surface area contributed by atoms with Crippen LogP contribution in [0.1, 0.15) is 31.4 Å². The molecule has 0 radical (unpaired) electrons. The minimum atomic E-state index is -0.720. The lowest BCUT2D eigenvalue weighted by molar-refractivity contribution is -0.152. The number of halogens is 2. The van der Waals surface area contributed by atoms with Crippen molar-refractivity contribution in [1.29, 1.82) is 0 Å². The Kier molecular flexibility index (Phi) is 5.69. The Labute approximate surface area is 223 Å². The number of carbonyl (C=O) groups is 1. The van der Waals surface area contributed by atoms with E-state index in [-0.39, 0.29) is 23.3 Å². The number of aromatic nitrogens is 3. The summed E-state index contributed by atoms with van der Waals surface area (Å²) in [5, 5.41) is 11.4. The number of aliphatic carboxylic acids is 1. The lowest BCUT2D eigenvalue weighted by atomic mass is 9.57. The van der Waals surface area contributed by atoms with Crippen molar-refractivity contribution in [2.24, 2.45) is 23.7 Å². The number of hydrogen-bond acceptors (Lipinski definition) is 3. The van der Waals surface area contributed by atoms with Crippen molar-refractivity contribution >= 4 is 27.8 Å². The number of carboxylic acids is 1. The van der Waals surface area contributed by atoms with E-state index in [4.69, 9.17) is 9.97 Å². The Bertz CT molecular complexity index is 1720. The van der Waals surface area contributed by atoms with Crippen molar-refractivity contribution in [3.05, 3.63) is 84.2 Å². The van der Waals surface area contributed by atoms with Crippen LogP contribution < -0.4 is 0 Å². The number of carboxylic acid groups (broad SMARTS) is 1. The van der Waals surface area contributed by atoms with Crippen LogP contribution in [0.4, 0.5) is 8.78 Å². The molecule has 2 heterocycles. The van der Waals surface area contributed by atoms with Gasteiger partial charge in [0.1, 0.15) is 11.6 Å². The van der Waals surface area contributed by atoms with Crippen molar-refractivity contribution in [3.63, 3.8) is 0 Å². The van der Waals surface area contributed by atoms with Crippen LogP contribution >= 0.6 is 0 Å². The number of nitrogens with zero attached hydrogens (tertiary/aromatic N) is 2. The molecule has 2 aromatic heterocycles. The van der Waals surface area contributed by atoms with Gasteiger partial charge in [0.2, 0.25) is 0 Å². The highest BCUT2D eigenvalue weighted by atomic mass is 19.1. The maximum absolute atomic E-state index is 14.5. The summed E-state index contributed by atoms with van der Waals surface area (Å²) in [5.41, 5.74) is 4.25. The molecule has 0 spiro atoms. The average Bonchev–Trinajstić information content (AvgIpc) is 3.38. The van der Waals surface area contributed by atoms with E-state index in [9.17, 15) is 18.7 Å². The molecule has 2 N–H and O–H groups in total. The number of nitrogens with one attached hydrogen (secondary N) is 1. The fourth-order valence-electron chi connectivity index (χ4n) is 7.10. The third-order valence-electron chi connectivity index (χ3n) is 8.94. The van der Waals surface area contributed by atoms with Crippen molar-refractivity contribution in [3.8, 4) is 22.5 Å². The molecule has 0 aliphatic heterocycles. The van der Waals surface area contributed by atoms with Crippen molar-refractivity contribution in [2.45, 2.75) is 32.1 Å². The first-order chi connectivity index (χ1) is 19.0. The maximum Gasteiger partial charge on any atom is 0.307 e. The van der Waals surface area contributed by atoms with Crippen LogP contribution in [0.25, 0.3) is 44.3 Å². The molecule has 5 aromatic rings. The zero-order valence-corrected chi connectivity index (χ0v) is 21.2. The number of rotatable bonds is 5. The summed E-state index contributed by atoms with van der Waals surface area (Å²) in [6, 6.07) is 18.2. The first-order valence-electron chi connectivity index (χ1n) is 13.5. The van der Waals surface area contributed by atoms with E-state index >= 15 is 0 Å². The van der Waals surface area contributed by atoms with Gasteiger partial charge < -0.3 is 10.1 Å². The first kappa shape index (κ1) is 23.9. The second-order valence-corrected chi connectivity index (χ2v) is 11.0. The minimum absolute atomic E-state index is 0.00684. The summed E-state index contributed by atoms with van der Waals surface area (Å²) in [7, 11) is 0. The largest absolute Gasteiger partial charge is 0.481 e. The molecule has 196 valence electrons. The van der Waals surface area contributed by atoms with Gasteiger partial charge in [-0.25, -0.2) is 18.7 Å². The quantitative estimate of drug-likeness (QED) is 0.252. The van der Waals surface area contributed by atoms with E-state index in [1.54, 1.807) is 6.20 Å². The molecule has 0 amide bonds. The van der Waals surface area contributed by atoms with E-state index in [1.165, 1.54) is 6.07 Å². The summed E-state index contributed by atoms with van der Waals surface area (Å²) in [6.07, 6.45) is 6.19. The smallest absolute Gasteiger partial charge is 0.307 e. The van der Waals surface area contributed by atoms with Crippen LogP contribution in [0, 0.1) is 35.3 Å². The fraction of sp³-hybridized carbons (Fsp3) is 0.281. The van der Waals surface area contributed by atoms with Gasteiger partial charge in [-0.1, -0.05) is 42.5 Å². The number of fused-ring (bicyclic) bond motifs is 5. The summed E-state index contributed by atoms with van der Waals surface area (Å²) in [6.45, 7) is 0. The van der Waals surface area contributed by atoms with Crippen LogP contribution in [-0.4, -0.2) is 26.0 Å². The van der Waals surface area contributed by atoms with Crippen LogP contribution in [0.15, 0.2) is 66.9 Å². The van der Waals surface area contributed by atoms with Gasteiger partial charge in [0.15, 0.2) is 5.82 Å². The molecule has 3 aromatic carbocycles. The van der Waals surface area contributed by atoms with E-state index in [0.29, 0.717) is 29.1 Å². The van der Waals surface area contributed by atoms with Gasteiger partial charge in [0.25, 0.3) is 0 Å². The molecule has 3 aliphatic carbocycles. The number of H-pyrrole nitrogens is 1. The zero-order valence-electron chi connectivity index (χ0n) is 21.2. The number of hydrogen-bond donors (Lipinski definition) is 2. The van der Waals surface area contributed by atoms with Crippen molar-refractivity contribution < 1.29 is 18.7 Å². The van der Waals surface area contributed by atoms with E-state index in [1.807, 2.05) is 48.5 Å². The normalized spacial score (nSPS) is 22.5. The molecular formula is C32H27F2N3O2. The second kappa shape index (κ2) is 9.26. The molecule has 39 heavy (non-hydrogen) atoms. The van der Waals surface area contributed by atoms with E-state index < -0.39 is 17.6 Å². The summed E-state index contributed by atoms with van der Waals surface area (Å²) in [5.74, 6) is -1.53. The van der Waals surface area contributed by atoms with E-state index in [2.05, 4.69) is 4.98 Å². The number of aromatic amines is 1. The second-order valence-electron chi connectivity index (χ2n) is 11.0.